The summed E-state index contributed by atoms with van der Waals surface area (Å²) in [6.45, 7) is 6.75. The maximum atomic E-state index is 13.2. The summed E-state index contributed by atoms with van der Waals surface area (Å²) in [5.74, 6) is -0.0402. The summed E-state index contributed by atoms with van der Waals surface area (Å²) in [5, 5.41) is 3.99. The van der Waals surface area contributed by atoms with Crippen molar-refractivity contribution in [3.8, 4) is 0 Å². The van der Waals surface area contributed by atoms with Crippen LogP contribution in [0, 0.1) is 5.41 Å². The lowest BCUT2D eigenvalue weighted by molar-refractivity contribution is -0.127. The summed E-state index contributed by atoms with van der Waals surface area (Å²) in [6, 6.07) is 8.67. The highest BCUT2D eigenvalue weighted by molar-refractivity contribution is 7.89. The number of aromatic nitrogens is 1. The maximum absolute atomic E-state index is 13.2. The van der Waals surface area contributed by atoms with Gasteiger partial charge in [0.05, 0.1) is 5.52 Å². The van der Waals surface area contributed by atoms with Crippen LogP contribution in [0.25, 0.3) is 10.9 Å². The van der Waals surface area contributed by atoms with Gasteiger partial charge < -0.3 is 10.2 Å². The molecule has 7 nitrogen and oxygen atoms in total. The van der Waals surface area contributed by atoms with Gasteiger partial charge in [-0.2, -0.15) is 0 Å². The van der Waals surface area contributed by atoms with Crippen molar-refractivity contribution >= 4 is 26.8 Å². The number of allylic oxidation sites excluding steroid dienone is 3. The summed E-state index contributed by atoms with van der Waals surface area (Å²) in [7, 11) is -3.87. The highest BCUT2D eigenvalue weighted by Gasteiger charge is 2.25. The molecular weight excluding hydrogens is 412 g/mol. The number of nitrogens with one attached hydrogen (secondary N) is 2. The Morgan fingerprint density at radius 2 is 1.84 bits per heavy atom. The van der Waals surface area contributed by atoms with E-state index < -0.39 is 15.4 Å². The van der Waals surface area contributed by atoms with E-state index in [0.29, 0.717) is 29.9 Å². The zero-order valence-electron chi connectivity index (χ0n) is 17.6. The lowest BCUT2D eigenvalue weighted by Crippen LogP contribution is -2.46. The molecule has 2 aliphatic rings. The van der Waals surface area contributed by atoms with Crippen LogP contribution in [-0.2, 0) is 14.8 Å². The van der Waals surface area contributed by atoms with Gasteiger partial charge in [-0.1, -0.05) is 44.2 Å². The highest BCUT2D eigenvalue weighted by Crippen LogP contribution is 2.28. The number of hydrogen-bond acceptors (Lipinski definition) is 5. The van der Waals surface area contributed by atoms with Gasteiger partial charge in [-0.3, -0.25) is 14.5 Å². The van der Waals surface area contributed by atoms with E-state index in [1.54, 1.807) is 36.5 Å². The predicted octanol–water partition coefficient (Wildman–Crippen LogP) is 2.35. The minimum Gasteiger partial charge on any atom is -0.336 e. The molecule has 2 heterocycles. The van der Waals surface area contributed by atoms with Gasteiger partial charge >= 0.3 is 0 Å². The molecule has 1 fully saturated rings. The molecule has 0 unspecified atom stereocenters. The molecule has 0 bridgehead atoms. The van der Waals surface area contributed by atoms with Crippen molar-refractivity contribution in [2.45, 2.75) is 18.7 Å². The fourth-order valence-electron chi connectivity index (χ4n) is 3.87. The van der Waals surface area contributed by atoms with E-state index >= 15 is 0 Å². The molecule has 1 saturated heterocycles. The molecule has 0 radical (unpaired) electrons. The third kappa shape index (κ3) is 4.70. The molecule has 2 aromatic rings. The van der Waals surface area contributed by atoms with Crippen LogP contribution in [0.1, 0.15) is 13.8 Å². The lowest BCUT2D eigenvalue weighted by Gasteiger charge is -2.28. The Kier molecular flexibility index (Phi) is 5.68. The number of amides is 1. The van der Waals surface area contributed by atoms with Crippen LogP contribution >= 0.6 is 0 Å². The Morgan fingerprint density at radius 3 is 2.61 bits per heavy atom. The average Bonchev–Trinajstić information content (AvgIpc) is 2.90. The molecular formula is C23H26N4O3S. The summed E-state index contributed by atoms with van der Waals surface area (Å²) in [5.41, 5.74) is 0.876. The van der Waals surface area contributed by atoms with Crippen LogP contribution in [0.2, 0.25) is 0 Å². The van der Waals surface area contributed by atoms with Crippen LogP contribution in [0.5, 0.6) is 0 Å². The van der Waals surface area contributed by atoms with Crippen molar-refractivity contribution in [2.75, 3.05) is 26.2 Å². The number of piperazine rings is 1. The molecule has 1 aliphatic heterocycles. The molecule has 4 rings (SSSR count). The van der Waals surface area contributed by atoms with Gasteiger partial charge in [-0.05, 0) is 24.3 Å². The van der Waals surface area contributed by atoms with Crippen molar-refractivity contribution in [3.05, 3.63) is 72.1 Å². The monoisotopic (exact) mass is 438 g/mol. The van der Waals surface area contributed by atoms with E-state index in [1.807, 2.05) is 43.0 Å². The Bertz CT molecular complexity index is 1200. The third-order valence-electron chi connectivity index (χ3n) is 5.29. The number of carbonyl (C=O) groups excluding carboxylic acids is 1. The number of benzene rings is 1. The SMILES string of the molecule is CC1(C)C=C(NS(=O)(=O)c2cccc3cccnc23)C=CC(C(=O)N2CCNCC2)=C1. The van der Waals surface area contributed by atoms with Gasteiger partial charge in [0.25, 0.3) is 15.9 Å². The fraction of sp³-hybridized carbons (Fsp3) is 0.304. The number of carbonyl (C=O) groups is 1. The van der Waals surface area contributed by atoms with Crippen LogP contribution in [0.15, 0.2) is 77.0 Å². The number of hydrogen-bond donors (Lipinski definition) is 2. The first-order chi connectivity index (χ1) is 14.8. The Morgan fingerprint density at radius 1 is 1.10 bits per heavy atom. The fourth-order valence-corrected chi connectivity index (χ4v) is 5.10. The molecule has 1 aromatic heterocycles. The van der Waals surface area contributed by atoms with Gasteiger partial charge in [0.1, 0.15) is 4.90 Å². The minimum absolute atomic E-state index is 0.0402. The second-order valence-corrected chi connectivity index (χ2v) is 9.98. The van der Waals surface area contributed by atoms with Gasteiger partial charge in [0, 0.05) is 54.4 Å². The van der Waals surface area contributed by atoms with Crippen LogP contribution < -0.4 is 10.0 Å². The van der Waals surface area contributed by atoms with E-state index in [1.165, 1.54) is 0 Å². The summed E-state index contributed by atoms with van der Waals surface area (Å²) >= 11 is 0. The van der Waals surface area contributed by atoms with E-state index in [-0.39, 0.29) is 10.8 Å². The second-order valence-electron chi connectivity index (χ2n) is 8.33. The molecule has 0 spiro atoms. The Balaban J connectivity index is 1.62. The quantitative estimate of drug-likeness (QED) is 0.765. The van der Waals surface area contributed by atoms with Crippen molar-refractivity contribution in [1.29, 1.82) is 0 Å². The largest absolute Gasteiger partial charge is 0.336 e. The molecule has 0 atom stereocenters. The maximum Gasteiger partial charge on any atom is 0.264 e. The molecule has 1 aromatic carbocycles. The topological polar surface area (TPSA) is 91.4 Å². The first kappa shape index (κ1) is 21.3. The van der Waals surface area contributed by atoms with E-state index in [4.69, 9.17) is 0 Å². The van der Waals surface area contributed by atoms with E-state index in [9.17, 15) is 13.2 Å². The number of para-hydroxylation sites is 1. The first-order valence-corrected chi connectivity index (χ1v) is 11.7. The molecule has 0 saturated carbocycles. The van der Waals surface area contributed by atoms with Gasteiger partial charge in [-0.25, -0.2) is 8.42 Å². The van der Waals surface area contributed by atoms with Gasteiger partial charge in [0.15, 0.2) is 0 Å². The first-order valence-electron chi connectivity index (χ1n) is 10.3. The highest BCUT2D eigenvalue weighted by atomic mass is 32.2. The standard InChI is InChI=1S/C23H26N4O3S/c1-23(2)15-18(22(28)27-13-11-24-12-14-27)8-9-19(16-23)26-31(29,30)20-7-3-5-17-6-4-10-25-21(17)20/h3-10,15-16,24,26H,11-14H2,1-2H3. The molecule has 1 amide bonds. The number of sulfonamides is 1. The number of fused-ring (bicyclic) bond motifs is 1. The minimum atomic E-state index is -3.87. The van der Waals surface area contributed by atoms with E-state index in [2.05, 4.69) is 15.0 Å². The van der Waals surface area contributed by atoms with Crippen LogP contribution in [-0.4, -0.2) is 50.4 Å². The molecule has 31 heavy (non-hydrogen) atoms. The van der Waals surface area contributed by atoms with Crippen molar-refractivity contribution in [1.82, 2.24) is 19.9 Å². The lowest BCUT2D eigenvalue weighted by atomic mass is 9.90. The van der Waals surface area contributed by atoms with Crippen molar-refractivity contribution in [3.63, 3.8) is 0 Å². The average molecular weight is 439 g/mol. The predicted molar refractivity (Wildman–Crippen MR) is 121 cm³/mol. The summed E-state index contributed by atoms with van der Waals surface area (Å²) in [4.78, 5) is 19.2. The summed E-state index contributed by atoms with van der Waals surface area (Å²) < 4.78 is 29.0. The number of nitrogens with zero attached hydrogens (tertiary/aromatic N) is 2. The molecule has 1 aliphatic carbocycles. The van der Waals surface area contributed by atoms with Crippen LogP contribution in [0.3, 0.4) is 0 Å². The van der Waals surface area contributed by atoms with Crippen molar-refractivity contribution < 1.29 is 13.2 Å². The second kappa shape index (κ2) is 8.28. The zero-order valence-corrected chi connectivity index (χ0v) is 18.4. The number of rotatable bonds is 4. The van der Waals surface area contributed by atoms with E-state index in [0.717, 1.165) is 18.5 Å². The zero-order chi connectivity index (χ0) is 22.1. The smallest absolute Gasteiger partial charge is 0.264 e. The number of pyridine rings is 1. The van der Waals surface area contributed by atoms with Gasteiger partial charge in [-0.15, -0.1) is 0 Å². The third-order valence-corrected chi connectivity index (χ3v) is 6.70. The molecule has 162 valence electrons. The summed E-state index contributed by atoms with van der Waals surface area (Å²) in [6.07, 6.45) is 8.62. The molecule has 2 N–H and O–H groups in total. The van der Waals surface area contributed by atoms with Crippen molar-refractivity contribution in [2.24, 2.45) is 5.41 Å². The normalized spacial score (nSPS) is 18.8. The van der Waals surface area contributed by atoms with Gasteiger partial charge in [0.2, 0.25) is 0 Å². The van der Waals surface area contributed by atoms with Crippen LogP contribution in [0.4, 0.5) is 0 Å². The Hall–Kier alpha value is -2.97. The Labute approximate surface area is 182 Å². The molecule has 8 heteroatoms.